The molecule has 0 aliphatic carbocycles. The van der Waals surface area contributed by atoms with Gasteiger partial charge < -0.3 is 4.90 Å². The minimum Gasteiger partial charge on any atom is -0.302 e. The van der Waals surface area contributed by atoms with Gasteiger partial charge in [-0.15, -0.1) is 11.3 Å². The summed E-state index contributed by atoms with van der Waals surface area (Å²) in [4.78, 5) is 22.4. The quantitative estimate of drug-likeness (QED) is 0.557. The number of benzene rings is 1. The molecule has 2 heterocycles. The minimum atomic E-state index is 0.0712. The lowest BCUT2D eigenvalue weighted by Gasteiger charge is -2.19. The third kappa shape index (κ3) is 3.63. The van der Waals surface area contributed by atoms with Gasteiger partial charge in [0.25, 0.3) is 5.56 Å². The molecule has 2 aromatic heterocycles. The van der Waals surface area contributed by atoms with E-state index in [0.717, 1.165) is 56.2 Å². The van der Waals surface area contributed by atoms with Crippen molar-refractivity contribution in [1.29, 1.82) is 0 Å². The Labute approximate surface area is 166 Å². The van der Waals surface area contributed by atoms with Crippen LogP contribution in [0.1, 0.15) is 24.5 Å². The lowest BCUT2D eigenvalue weighted by Crippen LogP contribution is -2.32. The van der Waals surface area contributed by atoms with Gasteiger partial charge in [-0.25, -0.2) is 4.98 Å². The van der Waals surface area contributed by atoms with E-state index in [0.29, 0.717) is 6.54 Å². The zero-order chi connectivity index (χ0) is 18.8. The van der Waals surface area contributed by atoms with Crippen molar-refractivity contribution in [3.63, 3.8) is 0 Å². The maximum atomic E-state index is 13.3. The predicted molar refractivity (Wildman–Crippen MR) is 114 cm³/mol. The summed E-state index contributed by atoms with van der Waals surface area (Å²) in [5.74, 6) is 0.790. The molecule has 0 radical (unpaired) electrons. The highest BCUT2D eigenvalue weighted by Crippen LogP contribution is 2.36. The maximum absolute atomic E-state index is 13.3. The van der Waals surface area contributed by atoms with Crippen molar-refractivity contribution in [1.82, 2.24) is 14.5 Å². The highest BCUT2D eigenvalue weighted by molar-refractivity contribution is 9.10. The number of aryl methyl sites for hydroxylation is 2. The summed E-state index contributed by atoms with van der Waals surface area (Å²) in [6.07, 6.45) is 0. The van der Waals surface area contributed by atoms with Gasteiger partial charge in [0.2, 0.25) is 0 Å². The fraction of sp³-hybridized carbons (Fsp3) is 0.400. The Kier molecular flexibility index (Phi) is 5.95. The number of likely N-dealkylation sites (N-methyl/N-ethyl adjacent to an activating group) is 1. The highest BCUT2D eigenvalue weighted by atomic mass is 79.9. The van der Waals surface area contributed by atoms with Crippen LogP contribution in [-0.4, -0.2) is 34.1 Å². The van der Waals surface area contributed by atoms with E-state index >= 15 is 0 Å². The second-order valence-electron chi connectivity index (χ2n) is 6.36. The van der Waals surface area contributed by atoms with Gasteiger partial charge in [0.1, 0.15) is 10.7 Å². The van der Waals surface area contributed by atoms with Crippen molar-refractivity contribution < 1.29 is 0 Å². The summed E-state index contributed by atoms with van der Waals surface area (Å²) in [5.41, 5.74) is 2.16. The Morgan fingerprint density at radius 2 is 1.81 bits per heavy atom. The fourth-order valence-electron chi connectivity index (χ4n) is 3.31. The first kappa shape index (κ1) is 19.3. The first-order valence-corrected chi connectivity index (χ1v) is 10.6. The third-order valence-electron chi connectivity index (χ3n) is 4.85. The highest BCUT2D eigenvalue weighted by Gasteiger charge is 2.18. The second kappa shape index (κ2) is 8.03. The average Bonchev–Trinajstić information content (AvgIpc) is 2.94. The molecule has 0 N–H and O–H groups in total. The van der Waals surface area contributed by atoms with Gasteiger partial charge in [0.05, 0.1) is 5.39 Å². The minimum absolute atomic E-state index is 0.0712. The molecule has 0 fully saturated rings. The Bertz CT molecular complexity index is 971. The van der Waals surface area contributed by atoms with Crippen molar-refractivity contribution in [3.05, 3.63) is 49.8 Å². The molecule has 0 aliphatic rings. The second-order valence-corrected chi connectivity index (χ2v) is 8.48. The van der Waals surface area contributed by atoms with Crippen LogP contribution in [0.4, 0.5) is 0 Å². The molecule has 0 bridgehead atoms. The van der Waals surface area contributed by atoms with E-state index in [4.69, 9.17) is 4.98 Å². The topological polar surface area (TPSA) is 38.1 Å². The summed E-state index contributed by atoms with van der Waals surface area (Å²) in [7, 11) is 0. The van der Waals surface area contributed by atoms with E-state index in [-0.39, 0.29) is 5.56 Å². The molecule has 0 spiro atoms. The molecule has 3 rings (SSSR count). The molecular weight excluding hydrogens is 410 g/mol. The van der Waals surface area contributed by atoms with E-state index in [1.807, 2.05) is 23.6 Å². The number of nitrogens with zero attached hydrogens (tertiary/aromatic N) is 3. The summed E-state index contributed by atoms with van der Waals surface area (Å²) in [6, 6.07) is 8.13. The first-order chi connectivity index (χ1) is 12.5. The van der Waals surface area contributed by atoms with Gasteiger partial charge in [-0.1, -0.05) is 41.9 Å². The zero-order valence-electron chi connectivity index (χ0n) is 15.7. The van der Waals surface area contributed by atoms with Crippen molar-refractivity contribution in [2.45, 2.75) is 34.2 Å². The molecule has 6 heteroatoms. The summed E-state index contributed by atoms with van der Waals surface area (Å²) < 4.78 is 2.86. The molecule has 26 heavy (non-hydrogen) atoms. The Hall–Kier alpha value is -1.50. The lowest BCUT2D eigenvalue weighted by molar-refractivity contribution is 0.288. The van der Waals surface area contributed by atoms with Crippen LogP contribution < -0.4 is 5.56 Å². The molecule has 0 atom stereocenters. The van der Waals surface area contributed by atoms with Gasteiger partial charge in [0, 0.05) is 28.0 Å². The molecule has 4 nitrogen and oxygen atoms in total. The standard InChI is InChI=1S/C20H24BrN3OS/c1-5-23(6-2)11-12-24-14(4)22-19-18(20(24)25)17(13(3)26-19)15-7-9-16(21)10-8-15/h7-10H,5-6,11-12H2,1-4H3. The van der Waals surface area contributed by atoms with Crippen LogP contribution in [0.25, 0.3) is 21.3 Å². The number of hydrogen-bond acceptors (Lipinski definition) is 4. The van der Waals surface area contributed by atoms with Crippen LogP contribution in [0.5, 0.6) is 0 Å². The van der Waals surface area contributed by atoms with Crippen molar-refractivity contribution >= 4 is 37.5 Å². The summed E-state index contributed by atoms with van der Waals surface area (Å²) in [6.45, 7) is 11.8. The Balaban J connectivity index is 2.13. The van der Waals surface area contributed by atoms with Gasteiger partial charge in [0.15, 0.2) is 0 Å². The van der Waals surface area contributed by atoms with Crippen LogP contribution >= 0.6 is 27.3 Å². The Morgan fingerprint density at radius 3 is 2.42 bits per heavy atom. The molecule has 0 unspecified atom stereocenters. The number of rotatable bonds is 6. The van der Waals surface area contributed by atoms with Gasteiger partial charge in [-0.3, -0.25) is 9.36 Å². The van der Waals surface area contributed by atoms with Gasteiger partial charge in [-0.05, 0) is 44.6 Å². The monoisotopic (exact) mass is 433 g/mol. The molecule has 1 aromatic carbocycles. The number of halogens is 1. The molecule has 0 saturated heterocycles. The number of fused-ring (bicyclic) bond motifs is 1. The number of thiophene rings is 1. The third-order valence-corrected chi connectivity index (χ3v) is 6.37. The van der Waals surface area contributed by atoms with Gasteiger partial charge >= 0.3 is 0 Å². The summed E-state index contributed by atoms with van der Waals surface area (Å²) in [5, 5.41) is 0.750. The van der Waals surface area contributed by atoms with Crippen LogP contribution in [0.15, 0.2) is 33.5 Å². The molecule has 0 aliphatic heterocycles. The fourth-order valence-corrected chi connectivity index (χ4v) is 4.65. The van der Waals surface area contributed by atoms with Gasteiger partial charge in [-0.2, -0.15) is 0 Å². The summed E-state index contributed by atoms with van der Waals surface area (Å²) >= 11 is 5.08. The molecule has 3 aromatic rings. The van der Waals surface area contributed by atoms with E-state index < -0.39 is 0 Å². The molecule has 138 valence electrons. The van der Waals surface area contributed by atoms with E-state index in [1.165, 1.54) is 0 Å². The molecule has 0 saturated carbocycles. The predicted octanol–water partition coefficient (Wildman–Crippen LogP) is 4.85. The number of hydrogen-bond donors (Lipinski definition) is 0. The lowest BCUT2D eigenvalue weighted by atomic mass is 10.0. The normalized spacial score (nSPS) is 11.6. The van der Waals surface area contributed by atoms with Crippen LogP contribution in [0.2, 0.25) is 0 Å². The first-order valence-electron chi connectivity index (χ1n) is 8.95. The average molecular weight is 434 g/mol. The molecule has 0 amide bonds. The van der Waals surface area contributed by atoms with Crippen molar-refractivity contribution in [2.75, 3.05) is 19.6 Å². The molecular formula is C20H24BrN3OS. The van der Waals surface area contributed by atoms with Crippen molar-refractivity contribution in [3.8, 4) is 11.1 Å². The number of aromatic nitrogens is 2. The Morgan fingerprint density at radius 1 is 1.15 bits per heavy atom. The maximum Gasteiger partial charge on any atom is 0.262 e. The van der Waals surface area contributed by atoms with E-state index in [2.05, 4.69) is 53.7 Å². The smallest absolute Gasteiger partial charge is 0.262 e. The van der Waals surface area contributed by atoms with Crippen LogP contribution in [-0.2, 0) is 6.54 Å². The van der Waals surface area contributed by atoms with Crippen LogP contribution in [0.3, 0.4) is 0 Å². The largest absolute Gasteiger partial charge is 0.302 e. The van der Waals surface area contributed by atoms with Crippen molar-refractivity contribution in [2.24, 2.45) is 0 Å². The van der Waals surface area contributed by atoms with E-state index in [9.17, 15) is 4.79 Å². The SMILES string of the molecule is CCN(CC)CCn1c(C)nc2sc(C)c(-c3ccc(Br)cc3)c2c1=O. The zero-order valence-corrected chi connectivity index (χ0v) is 18.1. The van der Waals surface area contributed by atoms with E-state index in [1.54, 1.807) is 11.3 Å². The van der Waals surface area contributed by atoms with Crippen LogP contribution in [0, 0.1) is 13.8 Å².